The van der Waals surface area contributed by atoms with Crippen LogP contribution in [0.4, 0.5) is 5.69 Å². The van der Waals surface area contributed by atoms with Crippen LogP contribution in [-0.2, 0) is 16.2 Å². The summed E-state index contributed by atoms with van der Waals surface area (Å²) in [7, 11) is 1.60. The van der Waals surface area contributed by atoms with Crippen molar-refractivity contribution in [2.75, 3.05) is 18.9 Å². The number of anilines is 1. The SMILES string of the molecule is Cc1cccc(NC(=O)CN(C)C(=O)/C=C/c2ccc(OCc3ccccn3)cc2)c1C. The molecule has 0 aliphatic carbocycles. The highest BCUT2D eigenvalue weighted by molar-refractivity contribution is 5.98. The molecule has 3 rings (SSSR count). The molecule has 32 heavy (non-hydrogen) atoms. The van der Waals surface area contributed by atoms with Gasteiger partial charge in [0.2, 0.25) is 11.8 Å². The molecule has 164 valence electrons. The number of carbonyl (C=O) groups is 2. The molecule has 2 aromatic carbocycles. The highest BCUT2D eigenvalue weighted by Gasteiger charge is 2.12. The standard InChI is InChI=1S/C26H27N3O3/c1-19-7-6-9-24(20(19)2)28-25(30)17-29(3)26(31)15-12-21-10-13-23(14-11-21)32-18-22-8-4-5-16-27-22/h4-16H,17-18H2,1-3H3,(H,28,30)/b15-12+. The predicted octanol–water partition coefficient (Wildman–Crippen LogP) is 4.39. The molecule has 0 unspecified atom stereocenters. The number of carbonyl (C=O) groups excluding carboxylic acids is 2. The number of rotatable bonds is 8. The lowest BCUT2D eigenvalue weighted by Crippen LogP contribution is -2.34. The number of aromatic nitrogens is 1. The first-order valence-corrected chi connectivity index (χ1v) is 10.3. The maximum atomic E-state index is 12.4. The maximum Gasteiger partial charge on any atom is 0.246 e. The minimum atomic E-state index is -0.253. The number of ether oxygens (including phenoxy) is 1. The molecule has 0 radical (unpaired) electrons. The molecule has 6 heteroatoms. The molecule has 0 fully saturated rings. The number of hydrogen-bond acceptors (Lipinski definition) is 4. The Labute approximate surface area is 188 Å². The fourth-order valence-electron chi connectivity index (χ4n) is 2.98. The van der Waals surface area contributed by atoms with E-state index in [-0.39, 0.29) is 18.4 Å². The van der Waals surface area contributed by atoms with Gasteiger partial charge >= 0.3 is 0 Å². The summed E-state index contributed by atoms with van der Waals surface area (Å²) >= 11 is 0. The van der Waals surface area contributed by atoms with Crippen LogP contribution in [0.25, 0.3) is 6.08 Å². The largest absolute Gasteiger partial charge is 0.487 e. The Morgan fingerprint density at radius 3 is 2.53 bits per heavy atom. The van der Waals surface area contributed by atoms with E-state index in [0.717, 1.165) is 33.8 Å². The van der Waals surface area contributed by atoms with Crippen LogP contribution in [0.1, 0.15) is 22.4 Å². The van der Waals surface area contributed by atoms with Crippen LogP contribution in [0.15, 0.2) is 72.9 Å². The van der Waals surface area contributed by atoms with Crippen molar-refractivity contribution >= 4 is 23.6 Å². The van der Waals surface area contributed by atoms with Gasteiger partial charge in [-0.3, -0.25) is 14.6 Å². The van der Waals surface area contributed by atoms with Crippen LogP contribution in [0.5, 0.6) is 5.75 Å². The summed E-state index contributed by atoms with van der Waals surface area (Å²) in [4.78, 5) is 30.3. The molecule has 0 atom stereocenters. The lowest BCUT2D eigenvalue weighted by molar-refractivity contribution is -0.129. The van der Waals surface area contributed by atoms with Crippen LogP contribution in [0, 0.1) is 13.8 Å². The molecule has 0 saturated heterocycles. The number of pyridine rings is 1. The van der Waals surface area contributed by atoms with Crippen molar-refractivity contribution in [3.8, 4) is 5.75 Å². The van der Waals surface area contributed by atoms with Gasteiger partial charge in [0, 0.05) is 25.0 Å². The summed E-state index contributed by atoms with van der Waals surface area (Å²) < 4.78 is 5.71. The van der Waals surface area contributed by atoms with Gasteiger partial charge in [-0.15, -0.1) is 0 Å². The molecule has 0 spiro atoms. The van der Waals surface area contributed by atoms with Crippen LogP contribution < -0.4 is 10.1 Å². The average molecular weight is 430 g/mol. The van der Waals surface area contributed by atoms with E-state index in [1.165, 1.54) is 11.0 Å². The Hall–Kier alpha value is -3.93. The van der Waals surface area contributed by atoms with Crippen LogP contribution >= 0.6 is 0 Å². The first-order valence-electron chi connectivity index (χ1n) is 10.3. The molecular weight excluding hydrogens is 402 g/mol. The monoisotopic (exact) mass is 429 g/mol. The predicted molar refractivity (Wildman–Crippen MR) is 126 cm³/mol. The summed E-state index contributed by atoms with van der Waals surface area (Å²) in [5, 5.41) is 2.87. The van der Waals surface area contributed by atoms with Crippen molar-refractivity contribution in [3.63, 3.8) is 0 Å². The molecule has 6 nitrogen and oxygen atoms in total. The highest BCUT2D eigenvalue weighted by atomic mass is 16.5. The zero-order valence-corrected chi connectivity index (χ0v) is 18.5. The summed E-state index contributed by atoms with van der Waals surface area (Å²) in [6.45, 7) is 4.31. The minimum absolute atomic E-state index is 0.0309. The van der Waals surface area contributed by atoms with Crippen LogP contribution in [-0.4, -0.2) is 35.3 Å². The van der Waals surface area contributed by atoms with Crippen molar-refractivity contribution in [2.24, 2.45) is 0 Å². The summed E-state index contributed by atoms with van der Waals surface area (Å²) in [5.41, 5.74) is 4.59. The summed E-state index contributed by atoms with van der Waals surface area (Å²) in [6.07, 6.45) is 4.90. The number of aryl methyl sites for hydroxylation is 1. The fraction of sp³-hybridized carbons (Fsp3) is 0.192. The number of nitrogens with zero attached hydrogens (tertiary/aromatic N) is 2. The molecule has 0 aliphatic heterocycles. The number of likely N-dealkylation sites (N-methyl/N-ethyl adjacent to an activating group) is 1. The van der Waals surface area contributed by atoms with E-state index in [2.05, 4.69) is 10.3 Å². The Bertz CT molecular complexity index is 1090. The highest BCUT2D eigenvalue weighted by Crippen LogP contribution is 2.18. The molecule has 2 amide bonds. The quantitative estimate of drug-likeness (QED) is 0.539. The number of benzene rings is 2. The fourth-order valence-corrected chi connectivity index (χ4v) is 2.98. The van der Waals surface area contributed by atoms with Gasteiger partial charge in [-0.05, 0) is 66.9 Å². The first kappa shape index (κ1) is 22.7. The number of nitrogens with one attached hydrogen (secondary N) is 1. The lowest BCUT2D eigenvalue weighted by Gasteiger charge is -2.16. The van der Waals surface area contributed by atoms with Gasteiger partial charge in [-0.2, -0.15) is 0 Å². The van der Waals surface area contributed by atoms with E-state index >= 15 is 0 Å². The van der Waals surface area contributed by atoms with Crippen molar-refractivity contribution in [3.05, 3.63) is 95.3 Å². The zero-order valence-electron chi connectivity index (χ0n) is 18.5. The molecule has 1 N–H and O–H groups in total. The topological polar surface area (TPSA) is 71.5 Å². The van der Waals surface area contributed by atoms with Gasteiger partial charge in [0.1, 0.15) is 12.4 Å². The van der Waals surface area contributed by atoms with Crippen molar-refractivity contribution in [2.45, 2.75) is 20.5 Å². The van der Waals surface area contributed by atoms with E-state index in [4.69, 9.17) is 4.74 Å². The van der Waals surface area contributed by atoms with Crippen molar-refractivity contribution in [1.82, 2.24) is 9.88 Å². The number of amides is 2. The molecule has 1 heterocycles. The summed E-state index contributed by atoms with van der Waals surface area (Å²) in [6, 6.07) is 18.8. The van der Waals surface area contributed by atoms with Crippen LogP contribution in [0.3, 0.4) is 0 Å². The van der Waals surface area contributed by atoms with Crippen LogP contribution in [0.2, 0.25) is 0 Å². The van der Waals surface area contributed by atoms with Crippen molar-refractivity contribution in [1.29, 1.82) is 0 Å². The van der Waals surface area contributed by atoms with Gasteiger partial charge < -0.3 is 15.0 Å². The second-order valence-electron chi connectivity index (χ2n) is 7.50. The average Bonchev–Trinajstić information content (AvgIpc) is 2.80. The van der Waals surface area contributed by atoms with Gasteiger partial charge in [0.15, 0.2) is 0 Å². The lowest BCUT2D eigenvalue weighted by atomic mass is 10.1. The van der Waals surface area contributed by atoms with E-state index in [0.29, 0.717) is 6.61 Å². The molecule has 1 aromatic heterocycles. The Kier molecular flexibility index (Phi) is 7.75. The summed E-state index contributed by atoms with van der Waals surface area (Å²) in [5.74, 6) is 0.230. The van der Waals surface area contributed by atoms with E-state index < -0.39 is 0 Å². The van der Waals surface area contributed by atoms with Gasteiger partial charge in [0.25, 0.3) is 0 Å². The van der Waals surface area contributed by atoms with Gasteiger partial charge in [-0.1, -0.05) is 30.3 Å². The normalized spacial score (nSPS) is 10.7. The Morgan fingerprint density at radius 2 is 1.81 bits per heavy atom. The maximum absolute atomic E-state index is 12.4. The van der Waals surface area contributed by atoms with E-state index in [1.54, 1.807) is 19.3 Å². The second-order valence-corrected chi connectivity index (χ2v) is 7.50. The third-order valence-electron chi connectivity index (χ3n) is 5.05. The van der Waals surface area contributed by atoms with Crippen molar-refractivity contribution < 1.29 is 14.3 Å². The van der Waals surface area contributed by atoms with E-state index in [1.807, 2.05) is 74.5 Å². The number of hydrogen-bond donors (Lipinski definition) is 1. The second kappa shape index (κ2) is 10.9. The Morgan fingerprint density at radius 1 is 1.03 bits per heavy atom. The van der Waals surface area contributed by atoms with Gasteiger partial charge in [-0.25, -0.2) is 0 Å². The molecule has 0 aliphatic rings. The first-order chi connectivity index (χ1) is 15.4. The smallest absolute Gasteiger partial charge is 0.246 e. The van der Waals surface area contributed by atoms with E-state index in [9.17, 15) is 9.59 Å². The molecular formula is C26H27N3O3. The Balaban J connectivity index is 1.49. The molecule has 0 bridgehead atoms. The third kappa shape index (κ3) is 6.54. The zero-order chi connectivity index (χ0) is 22.9. The molecule has 3 aromatic rings. The minimum Gasteiger partial charge on any atom is -0.487 e. The van der Waals surface area contributed by atoms with Gasteiger partial charge in [0.05, 0.1) is 12.2 Å². The molecule has 0 saturated carbocycles. The third-order valence-corrected chi connectivity index (χ3v) is 5.05.